The van der Waals surface area contributed by atoms with Gasteiger partial charge in [0.2, 0.25) is 0 Å². The highest BCUT2D eigenvalue weighted by Gasteiger charge is 2.69. The van der Waals surface area contributed by atoms with Crippen LogP contribution in [0.5, 0.6) is 0 Å². The monoisotopic (exact) mass is 136 g/mol. The fourth-order valence-corrected chi connectivity index (χ4v) is 3.01. The summed E-state index contributed by atoms with van der Waals surface area (Å²) in [6.45, 7) is 3.85. The van der Waals surface area contributed by atoms with Gasteiger partial charge in [0, 0.05) is 0 Å². The van der Waals surface area contributed by atoms with E-state index in [0.29, 0.717) is 6.10 Å². The molecule has 2 bridgehead atoms. The first-order valence-electron chi connectivity index (χ1n) is 4.18. The summed E-state index contributed by atoms with van der Waals surface area (Å²) >= 11 is 0. The molecule has 4 atom stereocenters. The van der Waals surface area contributed by atoms with Gasteiger partial charge in [-0.3, -0.25) is 0 Å². The lowest BCUT2D eigenvalue weighted by Crippen LogP contribution is -2.19. The lowest BCUT2D eigenvalue weighted by molar-refractivity contribution is 0.227. The Morgan fingerprint density at radius 3 is 2.90 bits per heavy atom. The van der Waals surface area contributed by atoms with Crippen LogP contribution < -0.4 is 0 Å². The molecule has 0 spiro atoms. The Balaban J connectivity index is 2.02. The van der Waals surface area contributed by atoms with E-state index in [2.05, 4.69) is 6.58 Å². The Labute approximate surface area is 61.1 Å². The second-order valence-corrected chi connectivity index (χ2v) is 3.87. The van der Waals surface area contributed by atoms with Gasteiger partial charge in [-0.15, -0.1) is 6.58 Å². The molecule has 1 heteroatoms. The van der Waals surface area contributed by atoms with Gasteiger partial charge in [-0.05, 0) is 31.1 Å². The van der Waals surface area contributed by atoms with E-state index in [1.807, 2.05) is 6.08 Å². The van der Waals surface area contributed by atoms with E-state index in [4.69, 9.17) is 4.74 Å². The smallest absolute Gasteiger partial charge is 0.116 e. The summed E-state index contributed by atoms with van der Waals surface area (Å²) in [5.74, 6) is 1.72. The van der Waals surface area contributed by atoms with Crippen LogP contribution in [0.2, 0.25) is 0 Å². The van der Waals surface area contributed by atoms with Crippen LogP contribution in [-0.4, -0.2) is 11.7 Å². The van der Waals surface area contributed by atoms with E-state index < -0.39 is 0 Å². The topological polar surface area (TPSA) is 12.5 Å². The zero-order valence-electron chi connectivity index (χ0n) is 6.05. The number of fused-ring (bicyclic) bond motifs is 5. The van der Waals surface area contributed by atoms with Crippen LogP contribution in [0, 0.1) is 11.8 Å². The molecule has 3 fully saturated rings. The average molecular weight is 136 g/mol. The van der Waals surface area contributed by atoms with E-state index in [1.54, 1.807) is 0 Å². The average Bonchev–Trinajstić information content (AvgIpc) is 2.47. The van der Waals surface area contributed by atoms with Crippen LogP contribution in [0.1, 0.15) is 19.3 Å². The zero-order chi connectivity index (χ0) is 6.77. The Kier molecular flexibility index (Phi) is 0.713. The van der Waals surface area contributed by atoms with Crippen molar-refractivity contribution in [3.8, 4) is 0 Å². The van der Waals surface area contributed by atoms with Crippen molar-refractivity contribution in [2.75, 3.05) is 0 Å². The minimum absolute atomic E-state index is 0.183. The second kappa shape index (κ2) is 1.33. The number of hydrogen-bond donors (Lipinski definition) is 0. The molecule has 0 radical (unpaired) electrons. The number of rotatable bonds is 1. The van der Waals surface area contributed by atoms with Crippen molar-refractivity contribution in [2.45, 2.75) is 31.0 Å². The molecule has 3 aliphatic rings. The summed E-state index contributed by atoms with van der Waals surface area (Å²) in [5, 5.41) is 0. The fraction of sp³-hybridized carbons (Fsp3) is 0.778. The van der Waals surface area contributed by atoms with Crippen LogP contribution in [0.15, 0.2) is 12.7 Å². The Bertz CT molecular complexity index is 199. The predicted octanol–water partition coefficient (Wildman–Crippen LogP) is 1.74. The highest BCUT2D eigenvalue weighted by Crippen LogP contribution is 2.64. The predicted molar refractivity (Wildman–Crippen MR) is 38.6 cm³/mol. The third kappa shape index (κ3) is 0.367. The molecule has 1 aliphatic heterocycles. The van der Waals surface area contributed by atoms with Crippen molar-refractivity contribution < 1.29 is 4.74 Å². The van der Waals surface area contributed by atoms with Crippen LogP contribution >= 0.6 is 0 Å². The molecule has 1 heterocycles. The molecule has 0 N–H and O–H groups in total. The van der Waals surface area contributed by atoms with Crippen molar-refractivity contribution >= 4 is 0 Å². The third-order valence-corrected chi connectivity index (χ3v) is 3.58. The van der Waals surface area contributed by atoms with Gasteiger partial charge in [-0.1, -0.05) is 6.08 Å². The van der Waals surface area contributed by atoms with Gasteiger partial charge in [0.05, 0.1) is 6.10 Å². The molecule has 3 rings (SSSR count). The highest BCUT2D eigenvalue weighted by atomic mass is 16.6. The van der Waals surface area contributed by atoms with E-state index in [1.165, 1.54) is 19.3 Å². The molecule has 54 valence electrons. The second-order valence-electron chi connectivity index (χ2n) is 3.87. The summed E-state index contributed by atoms with van der Waals surface area (Å²) in [6, 6.07) is 0. The van der Waals surface area contributed by atoms with E-state index in [9.17, 15) is 0 Å². The van der Waals surface area contributed by atoms with Crippen LogP contribution in [0.25, 0.3) is 0 Å². The van der Waals surface area contributed by atoms with Gasteiger partial charge in [0.1, 0.15) is 5.60 Å². The largest absolute Gasteiger partial charge is 0.361 e. The minimum atomic E-state index is 0.183. The van der Waals surface area contributed by atoms with Gasteiger partial charge in [0.15, 0.2) is 0 Å². The first kappa shape index (κ1) is 5.36. The van der Waals surface area contributed by atoms with E-state index >= 15 is 0 Å². The molecule has 1 saturated heterocycles. The number of hydrogen-bond acceptors (Lipinski definition) is 1. The molecule has 2 saturated carbocycles. The molecule has 1 nitrogen and oxygen atoms in total. The molecule has 0 aromatic rings. The standard InChI is InChI=1S/C9H12O/c1-2-9-7-4-3-6(5-7)8(9)10-9/h2,6-8H,1,3-5H2. The fourth-order valence-electron chi connectivity index (χ4n) is 3.01. The van der Waals surface area contributed by atoms with E-state index in [0.717, 1.165) is 11.8 Å². The maximum atomic E-state index is 5.66. The quantitative estimate of drug-likeness (QED) is 0.395. The summed E-state index contributed by atoms with van der Waals surface area (Å²) in [7, 11) is 0. The Morgan fingerprint density at radius 1 is 1.50 bits per heavy atom. The molecule has 2 aliphatic carbocycles. The van der Waals surface area contributed by atoms with Gasteiger partial charge < -0.3 is 4.74 Å². The summed E-state index contributed by atoms with van der Waals surface area (Å²) in [5.41, 5.74) is 0.183. The lowest BCUT2D eigenvalue weighted by Gasteiger charge is -2.12. The Morgan fingerprint density at radius 2 is 2.40 bits per heavy atom. The molecule has 0 amide bonds. The van der Waals surface area contributed by atoms with Gasteiger partial charge >= 0.3 is 0 Å². The maximum Gasteiger partial charge on any atom is 0.116 e. The van der Waals surface area contributed by atoms with Crippen molar-refractivity contribution in [3.63, 3.8) is 0 Å². The molecule has 0 aromatic heterocycles. The Hall–Kier alpha value is -0.300. The minimum Gasteiger partial charge on any atom is -0.361 e. The van der Waals surface area contributed by atoms with Crippen molar-refractivity contribution in [3.05, 3.63) is 12.7 Å². The first-order chi connectivity index (χ1) is 4.87. The van der Waals surface area contributed by atoms with Gasteiger partial charge in [-0.2, -0.15) is 0 Å². The number of epoxide rings is 1. The highest BCUT2D eigenvalue weighted by molar-refractivity contribution is 5.26. The molecule has 10 heavy (non-hydrogen) atoms. The van der Waals surface area contributed by atoms with Gasteiger partial charge in [0.25, 0.3) is 0 Å². The summed E-state index contributed by atoms with van der Waals surface area (Å²) < 4.78 is 5.66. The van der Waals surface area contributed by atoms with Gasteiger partial charge in [-0.25, -0.2) is 0 Å². The first-order valence-corrected chi connectivity index (χ1v) is 4.18. The SMILES string of the molecule is C=CC12OC1C1CCC2C1. The summed E-state index contributed by atoms with van der Waals surface area (Å²) in [4.78, 5) is 0. The van der Waals surface area contributed by atoms with Crippen molar-refractivity contribution in [1.29, 1.82) is 0 Å². The molecule has 4 unspecified atom stereocenters. The number of ether oxygens (including phenoxy) is 1. The summed E-state index contributed by atoms with van der Waals surface area (Å²) in [6.07, 6.45) is 6.83. The van der Waals surface area contributed by atoms with Crippen molar-refractivity contribution in [1.82, 2.24) is 0 Å². The zero-order valence-corrected chi connectivity index (χ0v) is 6.05. The third-order valence-electron chi connectivity index (χ3n) is 3.58. The van der Waals surface area contributed by atoms with Crippen LogP contribution in [0.4, 0.5) is 0 Å². The van der Waals surface area contributed by atoms with Crippen LogP contribution in [0.3, 0.4) is 0 Å². The van der Waals surface area contributed by atoms with E-state index in [-0.39, 0.29) is 5.60 Å². The van der Waals surface area contributed by atoms with Crippen LogP contribution in [-0.2, 0) is 4.74 Å². The lowest BCUT2D eigenvalue weighted by atomic mass is 9.89. The molecular formula is C9H12O. The normalized spacial score (nSPS) is 62.2. The molecule has 0 aromatic carbocycles. The molecular weight excluding hydrogens is 124 g/mol. The maximum absolute atomic E-state index is 5.66. The van der Waals surface area contributed by atoms with Crippen molar-refractivity contribution in [2.24, 2.45) is 11.8 Å².